The lowest BCUT2D eigenvalue weighted by molar-refractivity contribution is -0.143. The fourth-order valence-corrected chi connectivity index (χ4v) is 4.97. The number of fused-ring (bicyclic) bond motifs is 3. The van der Waals surface area contributed by atoms with Crippen LogP contribution < -0.4 is 5.32 Å². The van der Waals surface area contributed by atoms with E-state index in [1.165, 1.54) is 0 Å². The van der Waals surface area contributed by atoms with Crippen molar-refractivity contribution in [3.63, 3.8) is 0 Å². The van der Waals surface area contributed by atoms with E-state index in [2.05, 4.69) is 32.6 Å². The first-order valence-electron chi connectivity index (χ1n) is 11.5. The van der Waals surface area contributed by atoms with Gasteiger partial charge in [0.15, 0.2) is 0 Å². The molecule has 3 N–H and O–H groups in total. The average Bonchev–Trinajstić information content (AvgIpc) is 3.45. The quantitative estimate of drug-likeness (QED) is 0.514. The second-order valence-electron chi connectivity index (χ2n) is 8.87. The second-order valence-corrected chi connectivity index (χ2v) is 8.87. The lowest BCUT2D eigenvalue weighted by atomic mass is 9.91. The molecule has 35 heavy (non-hydrogen) atoms. The number of aromatic nitrogens is 3. The van der Waals surface area contributed by atoms with E-state index >= 15 is 0 Å². The molecule has 0 saturated carbocycles. The number of likely N-dealkylation sites (tertiary alicyclic amines) is 1. The van der Waals surface area contributed by atoms with Crippen molar-refractivity contribution in [3.8, 4) is 11.1 Å². The third-order valence-electron chi connectivity index (χ3n) is 6.73. The molecule has 1 aliphatic carbocycles. The first-order chi connectivity index (χ1) is 16.9. The van der Waals surface area contributed by atoms with Crippen LogP contribution in [0, 0.1) is 5.92 Å². The third kappa shape index (κ3) is 4.34. The van der Waals surface area contributed by atoms with Crippen molar-refractivity contribution in [1.29, 1.82) is 0 Å². The molecular formula is C25H25N5O5. The Morgan fingerprint density at radius 3 is 2.40 bits per heavy atom. The van der Waals surface area contributed by atoms with Gasteiger partial charge in [0, 0.05) is 18.5 Å². The molecule has 0 spiro atoms. The number of ether oxygens (including phenoxy) is 1. The minimum atomic E-state index is -0.849. The number of aliphatic carboxylic acids is 1. The SMILES string of the molecule is C[C@@H]1C[C@H](C(=O)O)CCN1C(=O)c1nc(NC(=O)OCC2c3ccccc3-c3ccccc32)n[nH]1. The largest absolute Gasteiger partial charge is 0.481 e. The Hall–Kier alpha value is -4.21. The monoisotopic (exact) mass is 475 g/mol. The Balaban J connectivity index is 1.20. The second kappa shape index (κ2) is 9.21. The van der Waals surface area contributed by atoms with Crippen molar-refractivity contribution in [2.45, 2.75) is 31.7 Å². The highest BCUT2D eigenvalue weighted by Gasteiger charge is 2.34. The first-order valence-corrected chi connectivity index (χ1v) is 11.5. The zero-order valence-electron chi connectivity index (χ0n) is 19.1. The highest BCUT2D eigenvalue weighted by atomic mass is 16.5. The van der Waals surface area contributed by atoms with Gasteiger partial charge in [0.1, 0.15) is 6.61 Å². The number of aromatic amines is 1. The summed E-state index contributed by atoms with van der Waals surface area (Å²) in [6.07, 6.45) is 0.0327. The molecule has 1 aromatic heterocycles. The Kier molecular flexibility index (Phi) is 5.94. The van der Waals surface area contributed by atoms with Crippen LogP contribution in [0.4, 0.5) is 10.7 Å². The fourth-order valence-electron chi connectivity index (χ4n) is 4.97. The minimum Gasteiger partial charge on any atom is -0.481 e. The van der Waals surface area contributed by atoms with E-state index < -0.39 is 23.9 Å². The average molecular weight is 476 g/mol. The van der Waals surface area contributed by atoms with Gasteiger partial charge in [0.2, 0.25) is 5.82 Å². The lowest BCUT2D eigenvalue weighted by Gasteiger charge is -2.35. The third-order valence-corrected chi connectivity index (χ3v) is 6.73. The highest BCUT2D eigenvalue weighted by molar-refractivity contribution is 5.92. The van der Waals surface area contributed by atoms with Crippen LogP contribution in [0.15, 0.2) is 48.5 Å². The number of hydrogen-bond donors (Lipinski definition) is 3. The van der Waals surface area contributed by atoms with Gasteiger partial charge in [0.25, 0.3) is 11.9 Å². The number of hydrogen-bond acceptors (Lipinski definition) is 6. The van der Waals surface area contributed by atoms with Crippen LogP contribution in [0.2, 0.25) is 0 Å². The van der Waals surface area contributed by atoms with Crippen LogP contribution in [0.5, 0.6) is 0 Å². The molecule has 0 radical (unpaired) electrons. The van der Waals surface area contributed by atoms with E-state index in [0.29, 0.717) is 19.4 Å². The van der Waals surface area contributed by atoms with Crippen molar-refractivity contribution >= 4 is 23.9 Å². The molecular weight excluding hydrogens is 450 g/mol. The molecule has 2 amide bonds. The van der Waals surface area contributed by atoms with Crippen LogP contribution in [0.3, 0.4) is 0 Å². The number of piperidine rings is 1. The summed E-state index contributed by atoms with van der Waals surface area (Å²) >= 11 is 0. The molecule has 180 valence electrons. The highest BCUT2D eigenvalue weighted by Crippen LogP contribution is 2.44. The zero-order chi connectivity index (χ0) is 24.5. The van der Waals surface area contributed by atoms with Gasteiger partial charge in [0.05, 0.1) is 5.92 Å². The van der Waals surface area contributed by atoms with E-state index in [4.69, 9.17) is 4.74 Å². The van der Waals surface area contributed by atoms with E-state index in [0.717, 1.165) is 22.3 Å². The predicted molar refractivity (Wildman–Crippen MR) is 126 cm³/mol. The number of nitrogens with one attached hydrogen (secondary N) is 2. The number of amides is 2. The summed E-state index contributed by atoms with van der Waals surface area (Å²) in [5, 5.41) is 18.1. The van der Waals surface area contributed by atoms with Crippen LogP contribution in [-0.2, 0) is 9.53 Å². The zero-order valence-corrected chi connectivity index (χ0v) is 19.1. The molecule has 1 saturated heterocycles. The molecule has 2 atom stereocenters. The van der Waals surface area contributed by atoms with Gasteiger partial charge in [-0.1, -0.05) is 48.5 Å². The maximum Gasteiger partial charge on any atom is 0.414 e. The molecule has 2 heterocycles. The topological polar surface area (TPSA) is 138 Å². The van der Waals surface area contributed by atoms with Gasteiger partial charge in [-0.2, -0.15) is 4.98 Å². The van der Waals surface area contributed by atoms with Crippen LogP contribution in [0.25, 0.3) is 11.1 Å². The van der Waals surface area contributed by atoms with Crippen molar-refractivity contribution in [1.82, 2.24) is 20.1 Å². The number of carbonyl (C=O) groups is 3. The number of benzene rings is 2. The van der Waals surface area contributed by atoms with E-state index in [9.17, 15) is 19.5 Å². The maximum absolute atomic E-state index is 12.8. The molecule has 10 heteroatoms. The summed E-state index contributed by atoms with van der Waals surface area (Å²) in [5.74, 6) is -1.88. The summed E-state index contributed by atoms with van der Waals surface area (Å²) in [5.41, 5.74) is 4.48. The van der Waals surface area contributed by atoms with Gasteiger partial charge in [-0.25, -0.2) is 4.79 Å². The summed E-state index contributed by atoms with van der Waals surface area (Å²) < 4.78 is 5.49. The van der Waals surface area contributed by atoms with Crippen molar-refractivity contribution in [2.24, 2.45) is 5.92 Å². The van der Waals surface area contributed by atoms with Gasteiger partial charge in [-0.15, -0.1) is 5.10 Å². The van der Waals surface area contributed by atoms with Gasteiger partial charge in [-0.05, 0) is 42.0 Å². The molecule has 5 rings (SSSR count). The summed E-state index contributed by atoms with van der Waals surface area (Å²) in [6, 6.07) is 15.9. The molecule has 1 aliphatic heterocycles. The minimum absolute atomic E-state index is 0.0282. The molecule has 2 aromatic carbocycles. The molecule has 2 aliphatic rings. The number of carbonyl (C=O) groups excluding carboxylic acids is 2. The summed E-state index contributed by atoms with van der Waals surface area (Å²) in [6.45, 7) is 2.26. The number of carboxylic acid groups (broad SMARTS) is 1. The van der Waals surface area contributed by atoms with Crippen LogP contribution >= 0.6 is 0 Å². The van der Waals surface area contributed by atoms with Gasteiger partial charge < -0.3 is 14.7 Å². The Bertz CT molecular complexity index is 1240. The predicted octanol–water partition coefficient (Wildman–Crippen LogP) is 3.49. The fraction of sp³-hybridized carbons (Fsp3) is 0.320. The smallest absolute Gasteiger partial charge is 0.414 e. The molecule has 3 aromatic rings. The number of H-pyrrole nitrogens is 1. The summed E-state index contributed by atoms with van der Waals surface area (Å²) in [4.78, 5) is 42.1. The lowest BCUT2D eigenvalue weighted by Crippen LogP contribution is -2.46. The number of carboxylic acids is 1. The molecule has 0 unspecified atom stereocenters. The van der Waals surface area contributed by atoms with Crippen molar-refractivity contribution < 1.29 is 24.2 Å². The van der Waals surface area contributed by atoms with Crippen molar-refractivity contribution in [2.75, 3.05) is 18.5 Å². The standard InChI is InChI=1S/C25H25N5O5/c1-14-12-15(23(32)33)10-11-30(14)22(31)21-26-24(29-28-21)27-25(34)35-13-20-18-8-4-2-6-16(18)17-7-3-5-9-19(17)20/h2-9,14-15,20H,10-13H2,1H3,(H,32,33)(H2,26,27,28,29,34)/t14-,15-/m1/s1. The summed E-state index contributed by atoms with van der Waals surface area (Å²) in [7, 11) is 0. The number of anilines is 1. The van der Waals surface area contributed by atoms with Crippen LogP contribution in [-0.4, -0.2) is 62.4 Å². The van der Waals surface area contributed by atoms with Crippen LogP contribution in [0.1, 0.15) is 47.4 Å². The van der Waals surface area contributed by atoms with E-state index in [1.807, 2.05) is 36.4 Å². The van der Waals surface area contributed by atoms with E-state index in [-0.39, 0.29) is 30.3 Å². The Labute approximate surface area is 201 Å². The Morgan fingerprint density at radius 2 is 1.77 bits per heavy atom. The number of nitrogens with zero attached hydrogens (tertiary/aromatic N) is 3. The first kappa shape index (κ1) is 22.6. The van der Waals surface area contributed by atoms with Gasteiger partial charge >= 0.3 is 12.1 Å². The number of rotatable bonds is 5. The molecule has 10 nitrogen and oxygen atoms in total. The van der Waals surface area contributed by atoms with Crippen molar-refractivity contribution in [3.05, 3.63) is 65.5 Å². The van der Waals surface area contributed by atoms with Gasteiger partial charge in [-0.3, -0.25) is 20.0 Å². The normalized spacial score (nSPS) is 19.1. The molecule has 1 fully saturated rings. The Morgan fingerprint density at radius 1 is 1.11 bits per heavy atom. The maximum atomic E-state index is 12.8. The van der Waals surface area contributed by atoms with E-state index in [1.54, 1.807) is 11.8 Å². The molecule has 0 bridgehead atoms.